The van der Waals surface area contributed by atoms with E-state index >= 15 is 0 Å². The molecule has 154 valence electrons. The van der Waals surface area contributed by atoms with E-state index in [1.807, 2.05) is 97.6 Å². The molecule has 2 aliphatic carbocycles. The maximum Gasteiger partial charge on any atom is 0.160 e. The van der Waals surface area contributed by atoms with Crippen molar-refractivity contribution in [3.8, 4) is 6.07 Å². The molecule has 0 aliphatic heterocycles. The maximum atomic E-state index is 12.5. The molecule has 1 heterocycles. The predicted molar refractivity (Wildman–Crippen MR) is 122 cm³/mol. The number of aromatic nitrogens is 1. The Labute approximate surface area is 193 Å². The Hall–Kier alpha value is -2.25. The van der Waals surface area contributed by atoms with Gasteiger partial charge in [0, 0.05) is 71.3 Å². The number of aryl methyl sites for hydroxylation is 1. The molecular formula is C25H24FeN2OS. The van der Waals surface area contributed by atoms with Crippen LogP contribution in [0.1, 0.15) is 17.9 Å². The molecule has 0 fully saturated rings. The second-order valence-corrected chi connectivity index (χ2v) is 7.93. The van der Waals surface area contributed by atoms with E-state index in [0.717, 1.165) is 22.0 Å². The van der Waals surface area contributed by atoms with E-state index in [1.54, 1.807) is 11.8 Å². The Kier molecular flexibility index (Phi) is 9.46. The van der Waals surface area contributed by atoms with E-state index in [1.165, 1.54) is 0 Å². The van der Waals surface area contributed by atoms with Crippen molar-refractivity contribution >= 4 is 28.4 Å². The Morgan fingerprint density at radius 2 is 1.87 bits per heavy atom. The Morgan fingerprint density at radius 3 is 2.43 bits per heavy atom. The third-order valence-electron chi connectivity index (χ3n) is 5.00. The first-order valence-electron chi connectivity index (χ1n) is 9.53. The van der Waals surface area contributed by atoms with Gasteiger partial charge in [0.25, 0.3) is 0 Å². The minimum atomic E-state index is -0.315. The molecule has 2 atom stereocenters. The fourth-order valence-corrected chi connectivity index (χ4v) is 4.29. The number of carbonyl (C=O) groups is 1. The first kappa shape index (κ1) is 24.0. The summed E-state index contributed by atoms with van der Waals surface area (Å²) in [5.41, 5.74) is 2.84. The number of nitrogens with zero attached hydrogens (tertiary/aromatic N) is 2. The zero-order valence-corrected chi connectivity index (χ0v) is 18.9. The van der Waals surface area contributed by atoms with E-state index in [-0.39, 0.29) is 34.0 Å². The van der Waals surface area contributed by atoms with Gasteiger partial charge in [0.05, 0.1) is 12.0 Å². The van der Waals surface area contributed by atoms with Crippen LogP contribution in [0.3, 0.4) is 0 Å². The number of Topliss-reactive ketones (excluding diaryl/α,β-unsaturated/α-hetero) is 1. The van der Waals surface area contributed by atoms with Crippen molar-refractivity contribution in [2.75, 3.05) is 6.26 Å². The van der Waals surface area contributed by atoms with Crippen molar-refractivity contribution in [1.29, 1.82) is 5.26 Å². The standard InChI is InChI=1S/C20H19N2OS.C5H5.Fe/c1-22-13-17(15-9-5-6-10-18(15)22)16(12-21)20(24-2)11-19(23)14-7-3-4-8-14;1-2-4-5-3-1;/h3-10,13,16,20H,11H2,1-2H3;1-5H;. The smallest absolute Gasteiger partial charge is 0.160 e. The zero-order valence-electron chi connectivity index (χ0n) is 17.0. The molecular weight excluding hydrogens is 432 g/mol. The minimum Gasteiger partial charge on any atom is -0.350 e. The molecule has 0 amide bonds. The van der Waals surface area contributed by atoms with Crippen molar-refractivity contribution in [1.82, 2.24) is 4.57 Å². The summed E-state index contributed by atoms with van der Waals surface area (Å²) in [5, 5.41) is 10.8. The van der Waals surface area contributed by atoms with E-state index in [2.05, 4.69) is 12.1 Å². The third kappa shape index (κ3) is 5.67. The molecule has 3 nitrogen and oxygen atoms in total. The van der Waals surface area contributed by atoms with Gasteiger partial charge in [-0.05, 0) is 17.9 Å². The summed E-state index contributed by atoms with van der Waals surface area (Å²) in [4.78, 5) is 12.5. The molecule has 2 aromatic rings. The number of allylic oxidation sites excluding steroid dienone is 8. The molecule has 0 saturated heterocycles. The first-order valence-corrected chi connectivity index (χ1v) is 10.8. The average molecular weight is 456 g/mol. The van der Waals surface area contributed by atoms with Gasteiger partial charge < -0.3 is 4.57 Å². The van der Waals surface area contributed by atoms with Crippen molar-refractivity contribution < 1.29 is 21.9 Å². The summed E-state index contributed by atoms with van der Waals surface area (Å²) in [5.74, 6) is -0.218. The van der Waals surface area contributed by atoms with Gasteiger partial charge in [-0.25, -0.2) is 0 Å². The summed E-state index contributed by atoms with van der Waals surface area (Å²) in [6.45, 7) is 0. The number of ketones is 1. The topological polar surface area (TPSA) is 45.8 Å². The molecule has 2 aliphatic rings. The Balaban J connectivity index is 0.000000468. The molecule has 0 bridgehead atoms. The average Bonchev–Trinajstić information content (AvgIpc) is 3.52. The van der Waals surface area contributed by atoms with Crippen LogP contribution < -0.4 is 0 Å². The number of carbonyl (C=O) groups excluding carboxylic acids is 1. The molecule has 0 N–H and O–H groups in total. The Bertz CT molecular complexity index is 1030. The van der Waals surface area contributed by atoms with E-state index in [0.29, 0.717) is 6.42 Å². The van der Waals surface area contributed by atoms with Crippen molar-refractivity contribution in [3.63, 3.8) is 0 Å². The van der Waals surface area contributed by atoms with Crippen molar-refractivity contribution in [3.05, 3.63) is 97.0 Å². The summed E-state index contributed by atoms with van der Waals surface area (Å²) in [7, 11) is 1.99. The van der Waals surface area contributed by atoms with Crippen LogP contribution in [-0.2, 0) is 28.9 Å². The van der Waals surface area contributed by atoms with Crippen LogP contribution in [0.2, 0.25) is 0 Å². The van der Waals surface area contributed by atoms with Crippen LogP contribution in [0.25, 0.3) is 10.9 Å². The van der Waals surface area contributed by atoms with E-state index in [4.69, 9.17) is 0 Å². The number of thioether (sulfide) groups is 1. The fourth-order valence-electron chi connectivity index (χ4n) is 3.49. The number of rotatable bonds is 6. The summed E-state index contributed by atoms with van der Waals surface area (Å²) in [6, 6.07) is 10.5. The van der Waals surface area contributed by atoms with Gasteiger partial charge in [-0.15, -0.1) is 0 Å². The molecule has 1 aromatic carbocycles. The first-order chi connectivity index (χ1) is 14.2. The monoisotopic (exact) mass is 456 g/mol. The number of hydrogen-bond acceptors (Lipinski definition) is 3. The normalized spacial score (nSPS) is 15.7. The second-order valence-electron chi connectivity index (χ2n) is 6.86. The van der Waals surface area contributed by atoms with Crippen LogP contribution in [0, 0.1) is 24.2 Å². The Morgan fingerprint density at radius 1 is 1.13 bits per heavy atom. The van der Waals surface area contributed by atoms with E-state index in [9.17, 15) is 10.1 Å². The van der Waals surface area contributed by atoms with Crippen molar-refractivity contribution in [2.24, 2.45) is 7.05 Å². The largest absolute Gasteiger partial charge is 0.350 e. The quantitative estimate of drug-likeness (QED) is 0.540. The zero-order chi connectivity index (χ0) is 20.6. The van der Waals surface area contributed by atoms with Crippen LogP contribution in [0.4, 0.5) is 0 Å². The molecule has 0 spiro atoms. The van der Waals surface area contributed by atoms with Crippen LogP contribution in [0.15, 0.2) is 78.6 Å². The van der Waals surface area contributed by atoms with Gasteiger partial charge in [0.2, 0.25) is 0 Å². The SMILES string of the molecule is CSC(CC(=O)C1=CC=C[CH]1)C(C#N)c1cn(C)c2ccccc12.[CH]1C=CC=C1.[Fe]. The fraction of sp³-hybridized carbons (Fsp3) is 0.200. The number of hydrogen-bond donors (Lipinski definition) is 0. The number of fused-ring (bicyclic) bond motifs is 1. The molecule has 1 aromatic heterocycles. The minimum absolute atomic E-state index is 0. The van der Waals surface area contributed by atoms with Gasteiger partial charge >= 0.3 is 0 Å². The number of nitriles is 1. The number of benzene rings is 1. The van der Waals surface area contributed by atoms with Gasteiger partial charge in [-0.2, -0.15) is 17.0 Å². The molecule has 0 saturated carbocycles. The number of para-hydroxylation sites is 1. The summed E-state index contributed by atoms with van der Waals surface area (Å²) < 4.78 is 2.05. The van der Waals surface area contributed by atoms with Crippen LogP contribution in [-0.4, -0.2) is 21.9 Å². The van der Waals surface area contributed by atoms with Gasteiger partial charge in [-0.3, -0.25) is 4.79 Å². The van der Waals surface area contributed by atoms with Gasteiger partial charge in [-0.1, -0.05) is 60.7 Å². The molecule has 2 unspecified atom stereocenters. The molecule has 4 rings (SSSR count). The van der Waals surface area contributed by atoms with E-state index < -0.39 is 0 Å². The van der Waals surface area contributed by atoms with Crippen LogP contribution in [0.5, 0.6) is 0 Å². The molecule has 30 heavy (non-hydrogen) atoms. The van der Waals surface area contributed by atoms with Gasteiger partial charge in [0.15, 0.2) is 5.78 Å². The molecule has 5 heteroatoms. The summed E-state index contributed by atoms with van der Waals surface area (Å²) in [6.07, 6.45) is 21.8. The summed E-state index contributed by atoms with van der Waals surface area (Å²) >= 11 is 1.59. The third-order valence-corrected chi connectivity index (χ3v) is 6.05. The maximum absolute atomic E-state index is 12.5. The van der Waals surface area contributed by atoms with Gasteiger partial charge in [0.1, 0.15) is 0 Å². The van der Waals surface area contributed by atoms with Crippen LogP contribution >= 0.6 is 11.8 Å². The van der Waals surface area contributed by atoms with Crippen molar-refractivity contribution in [2.45, 2.75) is 17.6 Å². The predicted octanol–water partition coefficient (Wildman–Crippen LogP) is 5.49. The molecule has 2 radical (unpaired) electrons. The second kappa shape index (κ2) is 11.8.